The van der Waals surface area contributed by atoms with Gasteiger partial charge in [-0.3, -0.25) is 0 Å². The molecular weight excluding hydrogens is 256 g/mol. The molecule has 2 rings (SSSR count). The molecule has 0 saturated carbocycles. The third kappa shape index (κ3) is 2.44. The van der Waals surface area contributed by atoms with Crippen molar-refractivity contribution in [1.82, 2.24) is 9.71 Å². The van der Waals surface area contributed by atoms with Crippen molar-refractivity contribution in [2.45, 2.75) is 43.4 Å². The van der Waals surface area contributed by atoms with Gasteiger partial charge in [-0.15, -0.1) is 0 Å². The summed E-state index contributed by atoms with van der Waals surface area (Å²) in [6.45, 7) is 4.02. The number of hydrogen-bond acceptors (Lipinski definition) is 4. The zero-order chi connectivity index (χ0) is 13.4. The van der Waals surface area contributed by atoms with E-state index in [-0.39, 0.29) is 17.6 Å². The summed E-state index contributed by atoms with van der Waals surface area (Å²) in [7, 11) is -3.60. The fourth-order valence-corrected chi connectivity index (χ4v) is 3.51. The van der Waals surface area contributed by atoms with E-state index in [1.54, 1.807) is 0 Å². The Kier molecular flexibility index (Phi) is 3.50. The topological polar surface area (TPSA) is 91.4 Å². The van der Waals surface area contributed by atoms with Crippen LogP contribution in [0.3, 0.4) is 0 Å². The van der Waals surface area contributed by atoms with Crippen LogP contribution in [0.2, 0.25) is 0 Å². The molecule has 7 heteroatoms. The van der Waals surface area contributed by atoms with Crippen LogP contribution in [0.1, 0.15) is 26.0 Å². The Morgan fingerprint density at radius 1 is 1.67 bits per heavy atom. The van der Waals surface area contributed by atoms with Crippen molar-refractivity contribution in [2.24, 2.45) is 0 Å². The Morgan fingerprint density at radius 2 is 2.39 bits per heavy atom. The third-order valence-electron chi connectivity index (χ3n) is 3.45. The molecule has 18 heavy (non-hydrogen) atoms. The monoisotopic (exact) mass is 274 g/mol. The lowest BCUT2D eigenvalue weighted by Gasteiger charge is -2.28. The van der Waals surface area contributed by atoms with Crippen LogP contribution in [0.15, 0.2) is 17.2 Å². The number of ether oxygens (including phenoxy) is 1. The number of hydrogen-bond donors (Lipinski definition) is 3. The Balaban J connectivity index is 2.22. The largest absolute Gasteiger partial charge is 0.390 e. The van der Waals surface area contributed by atoms with Crippen LogP contribution in [0, 0.1) is 0 Å². The lowest BCUT2D eigenvalue weighted by atomic mass is 9.97. The molecule has 0 aromatic carbocycles. The van der Waals surface area contributed by atoms with Crippen LogP contribution >= 0.6 is 0 Å². The predicted octanol–water partition coefficient (Wildman–Crippen LogP) is 0.353. The van der Waals surface area contributed by atoms with Crippen molar-refractivity contribution in [2.75, 3.05) is 6.61 Å². The van der Waals surface area contributed by atoms with E-state index in [0.717, 1.165) is 0 Å². The Hall–Kier alpha value is -0.890. The zero-order valence-corrected chi connectivity index (χ0v) is 11.3. The summed E-state index contributed by atoms with van der Waals surface area (Å²) in [6.07, 6.45) is 1.85. The van der Waals surface area contributed by atoms with Crippen molar-refractivity contribution in [3.63, 3.8) is 0 Å². The minimum atomic E-state index is -3.60. The van der Waals surface area contributed by atoms with Gasteiger partial charge in [0.2, 0.25) is 10.0 Å². The van der Waals surface area contributed by atoms with Crippen LogP contribution in [-0.2, 0) is 21.4 Å². The lowest BCUT2D eigenvalue weighted by molar-refractivity contribution is 0.0957. The fraction of sp³-hybridized carbons (Fsp3) is 0.636. The maximum absolute atomic E-state index is 12.2. The van der Waals surface area contributed by atoms with Gasteiger partial charge in [-0.05, 0) is 26.3 Å². The van der Waals surface area contributed by atoms with Gasteiger partial charge in [-0.2, -0.15) is 0 Å². The molecule has 2 unspecified atom stereocenters. The summed E-state index contributed by atoms with van der Waals surface area (Å²) in [4.78, 5) is 2.84. The van der Waals surface area contributed by atoms with Crippen molar-refractivity contribution >= 4 is 10.0 Å². The maximum Gasteiger partial charge on any atom is 0.242 e. The van der Waals surface area contributed by atoms with Crippen molar-refractivity contribution in [3.05, 3.63) is 18.0 Å². The average Bonchev–Trinajstić information content (AvgIpc) is 2.87. The second-order valence-corrected chi connectivity index (χ2v) is 6.49. The summed E-state index contributed by atoms with van der Waals surface area (Å²) < 4.78 is 32.5. The van der Waals surface area contributed by atoms with Crippen molar-refractivity contribution in [1.29, 1.82) is 0 Å². The molecule has 0 radical (unpaired) electrons. The molecular formula is C11H18N2O4S. The van der Waals surface area contributed by atoms with Crippen LogP contribution in [-0.4, -0.2) is 36.8 Å². The Bertz CT molecular complexity index is 525. The van der Waals surface area contributed by atoms with Gasteiger partial charge in [-0.25, -0.2) is 13.1 Å². The first kappa shape index (κ1) is 13.5. The van der Waals surface area contributed by atoms with Crippen LogP contribution in [0.5, 0.6) is 0 Å². The first-order chi connectivity index (χ1) is 8.37. The first-order valence-electron chi connectivity index (χ1n) is 5.81. The highest BCUT2D eigenvalue weighted by Gasteiger charge is 2.40. The van der Waals surface area contributed by atoms with E-state index in [9.17, 15) is 8.42 Å². The van der Waals surface area contributed by atoms with Crippen LogP contribution < -0.4 is 4.72 Å². The Morgan fingerprint density at radius 3 is 2.89 bits per heavy atom. The van der Waals surface area contributed by atoms with Crippen LogP contribution in [0.25, 0.3) is 0 Å². The number of H-pyrrole nitrogens is 1. The molecule has 1 fully saturated rings. The molecule has 102 valence electrons. The number of aliphatic hydroxyl groups is 1. The van der Waals surface area contributed by atoms with E-state index in [1.165, 1.54) is 12.3 Å². The highest BCUT2D eigenvalue weighted by molar-refractivity contribution is 7.89. The van der Waals surface area contributed by atoms with Gasteiger partial charge in [0.1, 0.15) is 0 Å². The molecule has 1 saturated heterocycles. The quantitative estimate of drug-likeness (QED) is 0.739. The van der Waals surface area contributed by atoms with Gasteiger partial charge in [0.25, 0.3) is 0 Å². The third-order valence-corrected chi connectivity index (χ3v) is 5.04. The van der Waals surface area contributed by atoms with Crippen molar-refractivity contribution in [3.8, 4) is 0 Å². The molecule has 0 amide bonds. The van der Waals surface area contributed by atoms with E-state index in [2.05, 4.69) is 9.71 Å². The van der Waals surface area contributed by atoms with Crippen LogP contribution in [0.4, 0.5) is 0 Å². The number of aromatic nitrogens is 1. The van der Waals surface area contributed by atoms with E-state index in [1.807, 2.05) is 13.8 Å². The summed E-state index contributed by atoms with van der Waals surface area (Å²) in [6, 6.07) is 1.42. The van der Waals surface area contributed by atoms with Gasteiger partial charge < -0.3 is 14.8 Å². The molecule has 1 aliphatic rings. The highest BCUT2D eigenvalue weighted by atomic mass is 32.2. The molecule has 0 aliphatic carbocycles. The molecule has 1 aromatic heterocycles. The second-order valence-electron chi connectivity index (χ2n) is 4.80. The number of rotatable bonds is 4. The lowest BCUT2D eigenvalue weighted by Crippen LogP contribution is -2.50. The standard InChI is InChI=1S/C11H18N2O4S/c1-8-11(2,3-4-17-8)13-18(15,16)10-5-9(7-14)12-6-10/h5-6,8,12-14H,3-4,7H2,1-2H3. The molecule has 2 heterocycles. The van der Waals surface area contributed by atoms with E-state index >= 15 is 0 Å². The fourth-order valence-electron chi connectivity index (χ4n) is 2.00. The Labute approximate surface area is 106 Å². The predicted molar refractivity (Wildman–Crippen MR) is 65.5 cm³/mol. The molecule has 1 aliphatic heterocycles. The smallest absolute Gasteiger partial charge is 0.242 e. The highest BCUT2D eigenvalue weighted by Crippen LogP contribution is 2.27. The van der Waals surface area contributed by atoms with Crippen molar-refractivity contribution < 1.29 is 18.3 Å². The van der Waals surface area contributed by atoms with Gasteiger partial charge >= 0.3 is 0 Å². The molecule has 2 atom stereocenters. The molecule has 1 aromatic rings. The van der Waals surface area contributed by atoms with E-state index in [4.69, 9.17) is 9.84 Å². The molecule has 6 nitrogen and oxygen atoms in total. The first-order valence-corrected chi connectivity index (χ1v) is 7.29. The molecule has 3 N–H and O–H groups in total. The normalized spacial score (nSPS) is 28.7. The van der Waals surface area contributed by atoms with E-state index in [0.29, 0.717) is 18.7 Å². The SMILES string of the molecule is CC1OCCC1(C)NS(=O)(=O)c1c[nH]c(CO)c1. The maximum atomic E-state index is 12.2. The number of aliphatic hydroxyl groups excluding tert-OH is 1. The number of sulfonamides is 1. The van der Waals surface area contributed by atoms with Gasteiger partial charge in [-0.1, -0.05) is 0 Å². The molecule has 0 spiro atoms. The summed E-state index contributed by atoms with van der Waals surface area (Å²) >= 11 is 0. The van der Waals surface area contributed by atoms with Gasteiger partial charge in [0.05, 0.1) is 23.1 Å². The summed E-state index contributed by atoms with van der Waals surface area (Å²) in [5.41, 5.74) is -0.119. The minimum Gasteiger partial charge on any atom is -0.390 e. The average molecular weight is 274 g/mol. The van der Waals surface area contributed by atoms with Gasteiger partial charge in [0, 0.05) is 18.5 Å². The van der Waals surface area contributed by atoms with Gasteiger partial charge in [0.15, 0.2) is 0 Å². The second kappa shape index (κ2) is 4.65. The summed E-state index contributed by atoms with van der Waals surface area (Å²) in [5, 5.41) is 8.93. The number of nitrogens with one attached hydrogen (secondary N) is 2. The number of aromatic amines is 1. The minimum absolute atomic E-state index is 0.131. The molecule has 0 bridgehead atoms. The van der Waals surface area contributed by atoms with E-state index < -0.39 is 15.6 Å². The summed E-state index contributed by atoms with van der Waals surface area (Å²) in [5.74, 6) is 0. The zero-order valence-electron chi connectivity index (χ0n) is 10.4.